The number of hydrogen-bond acceptors (Lipinski definition) is 4. The van der Waals surface area contributed by atoms with Gasteiger partial charge in [0.2, 0.25) is 0 Å². The predicted molar refractivity (Wildman–Crippen MR) is 120 cm³/mol. The van der Waals surface area contributed by atoms with E-state index < -0.39 is 0 Å². The number of rotatable bonds is 7. The van der Waals surface area contributed by atoms with E-state index in [2.05, 4.69) is 18.8 Å². The van der Waals surface area contributed by atoms with Gasteiger partial charge in [-0.1, -0.05) is 60.1 Å². The Bertz CT molecular complexity index is 597. The minimum absolute atomic E-state index is 0.289. The first-order valence-electron chi connectivity index (χ1n) is 10.7. The maximum atomic E-state index is 10.0. The molecule has 1 aromatic heterocycles. The number of oxazole rings is 1. The molecule has 0 aliphatic heterocycles. The smallest absolute Gasteiger partial charge is 0.195 e. The summed E-state index contributed by atoms with van der Waals surface area (Å²) < 4.78 is 5.63. The van der Waals surface area contributed by atoms with E-state index in [1.54, 1.807) is 13.8 Å². The average Bonchev–Trinajstić information content (AvgIpc) is 3.06. The van der Waals surface area contributed by atoms with Crippen LogP contribution in [0.1, 0.15) is 93.4 Å². The second kappa shape index (κ2) is 18.4. The summed E-state index contributed by atoms with van der Waals surface area (Å²) in [6, 6.07) is 7.90. The van der Waals surface area contributed by atoms with E-state index in [0.29, 0.717) is 5.92 Å². The molecule has 1 aromatic carbocycles. The summed E-state index contributed by atoms with van der Waals surface area (Å²) in [6.07, 6.45) is 5.54. The fourth-order valence-corrected chi connectivity index (χ4v) is 2.15. The lowest BCUT2D eigenvalue weighted by Crippen LogP contribution is -1.97. The summed E-state index contributed by atoms with van der Waals surface area (Å²) in [5.41, 5.74) is 1.86. The number of aromatic nitrogens is 1. The van der Waals surface area contributed by atoms with E-state index in [0.717, 1.165) is 49.1 Å². The minimum Gasteiger partial charge on any atom is -0.441 e. The van der Waals surface area contributed by atoms with Crippen LogP contribution in [0.3, 0.4) is 0 Å². The van der Waals surface area contributed by atoms with Crippen LogP contribution in [0.25, 0.3) is 11.1 Å². The molecule has 28 heavy (non-hydrogen) atoms. The number of para-hydroxylation sites is 2. The Morgan fingerprint density at radius 3 is 1.82 bits per heavy atom. The molecule has 1 atom stereocenters. The van der Waals surface area contributed by atoms with Crippen LogP contribution in [0.5, 0.6) is 0 Å². The maximum Gasteiger partial charge on any atom is 0.195 e. The number of carbonyl (C=O) groups excluding carboxylic acids is 2. The lowest BCUT2D eigenvalue weighted by molar-refractivity contribution is -0.117. The maximum absolute atomic E-state index is 10.0. The SMILES string of the molecule is CC.CCC(C)Cc1nc2ccccc2o1.CCCC(C)=O.CCCC(C)=O. The molecule has 0 fully saturated rings. The zero-order chi connectivity index (χ0) is 21.9. The van der Waals surface area contributed by atoms with Crippen molar-refractivity contribution >= 4 is 22.7 Å². The number of hydrogen-bond donors (Lipinski definition) is 0. The van der Waals surface area contributed by atoms with Crippen LogP contribution in [0.15, 0.2) is 28.7 Å². The van der Waals surface area contributed by atoms with Crippen LogP contribution in [0, 0.1) is 5.92 Å². The minimum atomic E-state index is 0.289. The number of nitrogens with zero attached hydrogens (tertiary/aromatic N) is 1. The monoisotopic (exact) mass is 391 g/mol. The third-order valence-electron chi connectivity index (χ3n) is 3.76. The standard InChI is InChI=1S/C12H15NO.2C5H10O.C2H6/c1-3-9(2)8-12-13-10-6-4-5-7-11(10)14-12;2*1-3-4-5(2)6;1-2/h4-7,9H,3,8H2,1-2H3;2*3-4H2,1-2H3;1-2H3. The molecule has 4 heteroatoms. The Morgan fingerprint density at radius 1 is 0.964 bits per heavy atom. The van der Waals surface area contributed by atoms with E-state index in [-0.39, 0.29) is 11.6 Å². The second-order valence-corrected chi connectivity index (χ2v) is 6.70. The topological polar surface area (TPSA) is 60.2 Å². The molecule has 0 bridgehead atoms. The summed E-state index contributed by atoms with van der Waals surface area (Å²) in [5, 5.41) is 0. The van der Waals surface area contributed by atoms with Gasteiger partial charge in [0.1, 0.15) is 17.1 Å². The normalized spacial score (nSPS) is 10.4. The van der Waals surface area contributed by atoms with Crippen molar-refractivity contribution in [1.82, 2.24) is 4.98 Å². The van der Waals surface area contributed by atoms with Crippen molar-refractivity contribution in [2.24, 2.45) is 5.92 Å². The van der Waals surface area contributed by atoms with Gasteiger partial charge in [-0.3, -0.25) is 0 Å². The van der Waals surface area contributed by atoms with Crippen molar-refractivity contribution in [3.05, 3.63) is 30.2 Å². The quantitative estimate of drug-likeness (QED) is 0.501. The molecule has 0 radical (unpaired) electrons. The Kier molecular flexibility index (Phi) is 18.6. The molecule has 1 unspecified atom stereocenters. The van der Waals surface area contributed by atoms with Crippen LogP contribution < -0.4 is 0 Å². The molecule has 0 saturated carbocycles. The summed E-state index contributed by atoms with van der Waals surface area (Å²) in [7, 11) is 0. The molecule has 0 amide bonds. The number of fused-ring (bicyclic) bond motifs is 1. The molecular weight excluding hydrogens is 350 g/mol. The van der Waals surface area contributed by atoms with Crippen LogP contribution in [0.4, 0.5) is 0 Å². The van der Waals surface area contributed by atoms with Gasteiger partial charge in [0.15, 0.2) is 11.5 Å². The highest BCUT2D eigenvalue weighted by Gasteiger charge is 2.08. The van der Waals surface area contributed by atoms with Crippen molar-refractivity contribution in [2.75, 3.05) is 0 Å². The lowest BCUT2D eigenvalue weighted by atomic mass is 10.1. The molecule has 0 aliphatic carbocycles. The van der Waals surface area contributed by atoms with Gasteiger partial charge in [-0.2, -0.15) is 0 Å². The highest BCUT2D eigenvalue weighted by molar-refractivity contribution is 5.75. The van der Waals surface area contributed by atoms with Crippen LogP contribution >= 0.6 is 0 Å². The zero-order valence-corrected chi connectivity index (χ0v) is 19.3. The molecule has 0 aliphatic rings. The van der Waals surface area contributed by atoms with E-state index in [4.69, 9.17) is 4.42 Å². The molecule has 1 heterocycles. The van der Waals surface area contributed by atoms with E-state index in [1.165, 1.54) is 6.42 Å². The average molecular weight is 392 g/mol. The Labute approximate surface area is 172 Å². The first kappa shape index (κ1) is 28.2. The molecule has 4 nitrogen and oxygen atoms in total. The van der Waals surface area contributed by atoms with Crippen LogP contribution in [-0.2, 0) is 16.0 Å². The summed E-state index contributed by atoms with van der Waals surface area (Å²) >= 11 is 0. The highest BCUT2D eigenvalue weighted by atomic mass is 16.3. The van der Waals surface area contributed by atoms with Gasteiger partial charge in [0.05, 0.1) is 0 Å². The summed E-state index contributed by atoms with van der Waals surface area (Å²) in [4.78, 5) is 24.5. The largest absolute Gasteiger partial charge is 0.441 e. The number of benzene rings is 1. The molecule has 2 rings (SSSR count). The van der Waals surface area contributed by atoms with Crippen molar-refractivity contribution < 1.29 is 14.0 Å². The molecule has 0 spiro atoms. The third-order valence-corrected chi connectivity index (χ3v) is 3.76. The van der Waals surface area contributed by atoms with E-state index >= 15 is 0 Å². The van der Waals surface area contributed by atoms with Crippen LogP contribution in [-0.4, -0.2) is 16.6 Å². The predicted octanol–water partition coefficient (Wildman–Crippen LogP) is 7.19. The molecule has 0 saturated heterocycles. The number of Topliss-reactive ketones (excluding diaryl/α,β-unsaturated/α-hetero) is 2. The lowest BCUT2D eigenvalue weighted by Gasteiger charge is -2.02. The van der Waals surface area contributed by atoms with Gasteiger partial charge in [-0.05, 0) is 44.7 Å². The first-order valence-corrected chi connectivity index (χ1v) is 10.7. The van der Waals surface area contributed by atoms with Crippen molar-refractivity contribution in [3.63, 3.8) is 0 Å². The van der Waals surface area contributed by atoms with Crippen molar-refractivity contribution in [1.29, 1.82) is 0 Å². The van der Waals surface area contributed by atoms with Gasteiger partial charge in [-0.25, -0.2) is 4.98 Å². The van der Waals surface area contributed by atoms with Crippen molar-refractivity contribution in [3.8, 4) is 0 Å². The Morgan fingerprint density at radius 2 is 1.46 bits per heavy atom. The Hall–Kier alpha value is -1.97. The fourth-order valence-electron chi connectivity index (χ4n) is 2.15. The van der Waals surface area contributed by atoms with Crippen molar-refractivity contribution in [2.45, 2.75) is 93.9 Å². The third kappa shape index (κ3) is 15.1. The number of carbonyl (C=O) groups is 2. The molecular formula is C24H41NO3. The zero-order valence-electron chi connectivity index (χ0n) is 19.3. The summed E-state index contributed by atoms with van der Waals surface area (Å²) in [5.74, 6) is 2.08. The van der Waals surface area contributed by atoms with E-state index in [1.807, 2.05) is 52.0 Å². The molecule has 160 valence electrons. The van der Waals surface area contributed by atoms with Gasteiger partial charge in [0.25, 0.3) is 0 Å². The van der Waals surface area contributed by atoms with Crippen LogP contribution in [0.2, 0.25) is 0 Å². The van der Waals surface area contributed by atoms with E-state index in [9.17, 15) is 9.59 Å². The van der Waals surface area contributed by atoms with Gasteiger partial charge >= 0.3 is 0 Å². The van der Waals surface area contributed by atoms with Gasteiger partial charge in [0, 0.05) is 19.3 Å². The second-order valence-electron chi connectivity index (χ2n) is 6.70. The van der Waals surface area contributed by atoms with Gasteiger partial charge < -0.3 is 14.0 Å². The highest BCUT2D eigenvalue weighted by Crippen LogP contribution is 2.17. The number of ketones is 2. The first-order chi connectivity index (χ1) is 13.3. The van der Waals surface area contributed by atoms with Gasteiger partial charge in [-0.15, -0.1) is 0 Å². The molecule has 0 N–H and O–H groups in total. The summed E-state index contributed by atoms with van der Waals surface area (Å²) in [6.45, 7) is 15.6. The molecule has 2 aromatic rings. The fraction of sp³-hybridized carbons (Fsp3) is 0.625. The Balaban J connectivity index is 0.